The molecule has 0 unspecified atom stereocenters. The molecule has 0 saturated carbocycles. The van der Waals surface area contributed by atoms with Gasteiger partial charge in [-0.1, -0.05) is 26.0 Å². The number of rotatable bonds is 3. The van der Waals surface area contributed by atoms with Crippen molar-refractivity contribution in [3.8, 4) is 5.69 Å². The summed E-state index contributed by atoms with van der Waals surface area (Å²) < 4.78 is 7.39. The zero-order chi connectivity index (χ0) is 23.0. The number of ether oxygens (including phenoxy) is 1. The Morgan fingerprint density at radius 3 is 2.59 bits per heavy atom. The van der Waals surface area contributed by atoms with Gasteiger partial charge in [-0.2, -0.15) is 0 Å². The lowest BCUT2D eigenvalue weighted by molar-refractivity contribution is -0.212. The molecule has 7 heteroatoms. The summed E-state index contributed by atoms with van der Waals surface area (Å²) in [6, 6.07) is 9.60. The van der Waals surface area contributed by atoms with E-state index in [1.54, 1.807) is 24.1 Å². The second-order valence-electron chi connectivity index (χ2n) is 9.30. The molecular weight excluding hydrogens is 408 g/mol. The van der Waals surface area contributed by atoms with E-state index >= 15 is 0 Å². The van der Waals surface area contributed by atoms with Crippen molar-refractivity contribution in [2.45, 2.75) is 63.8 Å². The fourth-order valence-electron chi connectivity index (χ4n) is 4.79. The standard InChI is InChI=1S/C25H32N2O5/c1-16(2)18-5-4-6-19(15-18)27-11-7-17(3)21(24(27)31)23(30)26-12-9-25(10-13-26)22(29)20(28)8-14-32-25/h4-7,11,15-16,20,22,28-29H,8-10,12-14H2,1-3H3/t20-,22-/m0/s1. The van der Waals surface area contributed by atoms with Gasteiger partial charge in [-0.25, -0.2) is 0 Å². The smallest absolute Gasteiger partial charge is 0.268 e. The van der Waals surface area contributed by atoms with Gasteiger partial charge in [0.15, 0.2) is 0 Å². The number of carbonyl (C=O) groups excluding carboxylic acids is 1. The number of aryl methyl sites for hydroxylation is 1. The van der Waals surface area contributed by atoms with Gasteiger partial charge < -0.3 is 19.8 Å². The van der Waals surface area contributed by atoms with Crippen LogP contribution in [0.15, 0.2) is 41.3 Å². The molecule has 7 nitrogen and oxygen atoms in total. The lowest BCUT2D eigenvalue weighted by atomic mass is 9.80. The van der Waals surface area contributed by atoms with Crippen molar-refractivity contribution >= 4 is 5.91 Å². The Hall–Kier alpha value is -2.48. The number of amides is 1. The van der Waals surface area contributed by atoms with Crippen LogP contribution in [-0.4, -0.2) is 63.1 Å². The number of carbonyl (C=O) groups is 1. The maximum absolute atomic E-state index is 13.4. The molecule has 0 radical (unpaired) electrons. The van der Waals surface area contributed by atoms with Crippen molar-refractivity contribution < 1.29 is 19.7 Å². The molecule has 2 aromatic rings. The Labute approximate surface area is 188 Å². The van der Waals surface area contributed by atoms with Crippen LogP contribution in [0.5, 0.6) is 0 Å². The van der Waals surface area contributed by atoms with E-state index in [0.29, 0.717) is 50.4 Å². The maximum Gasteiger partial charge on any atom is 0.268 e. The zero-order valence-corrected chi connectivity index (χ0v) is 19.0. The number of aromatic nitrogens is 1. The molecule has 2 aliphatic rings. The van der Waals surface area contributed by atoms with Crippen LogP contribution in [0, 0.1) is 6.92 Å². The van der Waals surface area contributed by atoms with E-state index < -0.39 is 17.8 Å². The molecule has 0 aliphatic carbocycles. The molecule has 2 N–H and O–H groups in total. The van der Waals surface area contributed by atoms with Crippen molar-refractivity contribution in [3.05, 3.63) is 63.6 Å². The number of pyridine rings is 1. The van der Waals surface area contributed by atoms with Gasteiger partial charge in [-0.15, -0.1) is 0 Å². The van der Waals surface area contributed by atoms with Crippen molar-refractivity contribution in [3.63, 3.8) is 0 Å². The topological polar surface area (TPSA) is 92.0 Å². The van der Waals surface area contributed by atoms with Gasteiger partial charge >= 0.3 is 0 Å². The molecule has 1 spiro atoms. The van der Waals surface area contributed by atoms with Crippen LogP contribution in [0.4, 0.5) is 0 Å². The highest BCUT2D eigenvalue weighted by atomic mass is 16.5. The Morgan fingerprint density at radius 1 is 1.19 bits per heavy atom. The fraction of sp³-hybridized carbons (Fsp3) is 0.520. The molecule has 172 valence electrons. The molecule has 2 saturated heterocycles. The molecule has 1 aromatic heterocycles. The number of aliphatic hydroxyl groups is 2. The zero-order valence-electron chi connectivity index (χ0n) is 19.0. The molecule has 1 aromatic carbocycles. The second-order valence-corrected chi connectivity index (χ2v) is 9.30. The van der Waals surface area contributed by atoms with E-state index in [0.717, 1.165) is 11.3 Å². The van der Waals surface area contributed by atoms with Gasteiger partial charge in [-0.3, -0.25) is 14.2 Å². The van der Waals surface area contributed by atoms with Crippen molar-refractivity contribution in [2.24, 2.45) is 0 Å². The first-order chi connectivity index (χ1) is 15.2. The molecule has 32 heavy (non-hydrogen) atoms. The highest BCUT2D eigenvalue weighted by Crippen LogP contribution is 2.35. The van der Waals surface area contributed by atoms with Crippen molar-refractivity contribution in [1.29, 1.82) is 0 Å². The van der Waals surface area contributed by atoms with E-state index in [-0.39, 0.29) is 17.0 Å². The summed E-state index contributed by atoms with van der Waals surface area (Å²) >= 11 is 0. The summed E-state index contributed by atoms with van der Waals surface area (Å²) in [6.07, 6.45) is 1.20. The average molecular weight is 441 g/mol. The number of aliphatic hydroxyl groups excluding tert-OH is 2. The van der Waals surface area contributed by atoms with Crippen LogP contribution in [0.2, 0.25) is 0 Å². The first kappa shape index (κ1) is 22.7. The minimum Gasteiger partial charge on any atom is -0.390 e. The van der Waals surface area contributed by atoms with Crippen LogP contribution in [-0.2, 0) is 4.74 Å². The van der Waals surface area contributed by atoms with Gasteiger partial charge in [0.2, 0.25) is 0 Å². The third-order valence-electron chi connectivity index (χ3n) is 6.93. The normalized spacial score (nSPS) is 23.0. The fourth-order valence-corrected chi connectivity index (χ4v) is 4.79. The van der Waals surface area contributed by atoms with Crippen LogP contribution in [0.1, 0.15) is 60.5 Å². The summed E-state index contributed by atoms with van der Waals surface area (Å²) in [5.41, 5.74) is 1.51. The number of nitrogens with zero attached hydrogens (tertiary/aromatic N) is 2. The SMILES string of the molecule is Cc1ccn(-c2cccc(C(C)C)c2)c(=O)c1C(=O)N1CCC2(CC1)OCC[C@H](O)[C@@H]2O. The second kappa shape index (κ2) is 8.81. The van der Waals surface area contributed by atoms with Crippen LogP contribution >= 0.6 is 0 Å². The molecule has 1 amide bonds. The first-order valence-electron chi connectivity index (χ1n) is 11.4. The Balaban J connectivity index is 1.59. The monoisotopic (exact) mass is 440 g/mol. The van der Waals surface area contributed by atoms with Gasteiger partial charge in [0, 0.05) is 25.0 Å². The quantitative estimate of drug-likeness (QED) is 0.765. The molecule has 2 atom stereocenters. The van der Waals surface area contributed by atoms with E-state index in [1.165, 1.54) is 4.57 Å². The number of benzene rings is 1. The van der Waals surface area contributed by atoms with Gasteiger partial charge in [-0.05, 0) is 61.4 Å². The maximum atomic E-state index is 13.4. The highest BCUT2D eigenvalue weighted by molar-refractivity contribution is 5.95. The lowest BCUT2D eigenvalue weighted by Crippen LogP contribution is -2.60. The molecule has 2 fully saturated rings. The molecule has 0 bridgehead atoms. The van der Waals surface area contributed by atoms with E-state index in [1.807, 2.05) is 24.3 Å². The lowest BCUT2D eigenvalue weighted by Gasteiger charge is -2.48. The summed E-state index contributed by atoms with van der Waals surface area (Å²) in [6.45, 7) is 7.09. The number of likely N-dealkylation sites (tertiary alicyclic amines) is 1. The molecule has 4 rings (SSSR count). The van der Waals surface area contributed by atoms with Gasteiger partial charge in [0.1, 0.15) is 11.7 Å². The molecule has 2 aliphatic heterocycles. The Bertz CT molecular complexity index is 1050. The van der Waals surface area contributed by atoms with Crippen molar-refractivity contribution in [2.75, 3.05) is 19.7 Å². The Kier molecular flexibility index (Phi) is 6.25. The van der Waals surface area contributed by atoms with Crippen LogP contribution < -0.4 is 5.56 Å². The summed E-state index contributed by atoms with van der Waals surface area (Å²) in [5, 5.41) is 20.5. The predicted molar refractivity (Wildman–Crippen MR) is 121 cm³/mol. The average Bonchev–Trinajstić information content (AvgIpc) is 2.78. The summed E-state index contributed by atoms with van der Waals surface area (Å²) in [5.74, 6) is 0.0244. The highest BCUT2D eigenvalue weighted by Gasteiger charge is 2.48. The van der Waals surface area contributed by atoms with Crippen LogP contribution in [0.25, 0.3) is 5.69 Å². The van der Waals surface area contributed by atoms with Crippen LogP contribution in [0.3, 0.4) is 0 Å². The largest absolute Gasteiger partial charge is 0.390 e. The third-order valence-corrected chi connectivity index (χ3v) is 6.93. The third kappa shape index (κ3) is 4.00. The summed E-state index contributed by atoms with van der Waals surface area (Å²) in [7, 11) is 0. The van der Waals surface area contributed by atoms with E-state index in [2.05, 4.69) is 13.8 Å². The van der Waals surface area contributed by atoms with E-state index in [4.69, 9.17) is 4.74 Å². The minimum atomic E-state index is -0.961. The molecule has 3 heterocycles. The predicted octanol–water partition coefficient (Wildman–Crippen LogP) is 2.39. The number of hydrogen-bond acceptors (Lipinski definition) is 5. The number of piperidine rings is 1. The molecular formula is C25H32N2O5. The van der Waals surface area contributed by atoms with E-state index in [9.17, 15) is 19.8 Å². The van der Waals surface area contributed by atoms with Gasteiger partial charge in [0.25, 0.3) is 11.5 Å². The number of hydrogen-bond donors (Lipinski definition) is 2. The summed E-state index contributed by atoms with van der Waals surface area (Å²) in [4.78, 5) is 28.4. The Morgan fingerprint density at radius 2 is 1.91 bits per heavy atom. The van der Waals surface area contributed by atoms with Gasteiger partial charge in [0.05, 0.1) is 18.3 Å². The van der Waals surface area contributed by atoms with Crippen molar-refractivity contribution in [1.82, 2.24) is 9.47 Å². The minimum absolute atomic E-state index is 0.170. The first-order valence-corrected chi connectivity index (χ1v) is 11.4.